The number of hydrogen-bond donors (Lipinski definition) is 1. The van der Waals surface area contributed by atoms with Crippen LogP contribution in [0.3, 0.4) is 0 Å². The molecule has 1 heterocycles. The topological polar surface area (TPSA) is 12.0 Å². The predicted molar refractivity (Wildman–Crippen MR) is 83.5 cm³/mol. The van der Waals surface area contributed by atoms with E-state index in [1.807, 2.05) is 18.4 Å². The van der Waals surface area contributed by atoms with E-state index in [1.165, 1.54) is 11.3 Å². The molecule has 0 aliphatic rings. The van der Waals surface area contributed by atoms with E-state index < -0.39 is 23.5 Å². The van der Waals surface area contributed by atoms with E-state index >= 15 is 0 Å². The highest BCUT2D eigenvalue weighted by Crippen LogP contribution is 2.30. The van der Waals surface area contributed by atoms with Gasteiger partial charge in [-0.15, -0.1) is 11.3 Å². The van der Waals surface area contributed by atoms with Crippen LogP contribution in [0.4, 0.5) is 13.2 Å². The molecule has 1 aromatic carbocycles. The number of halogens is 4. The molecular weight excluding hydrogens is 398 g/mol. The molecule has 0 aliphatic heterocycles. The largest absolute Gasteiger partial charge is 0.306 e. The molecule has 20 heavy (non-hydrogen) atoms. The van der Waals surface area contributed by atoms with Crippen molar-refractivity contribution in [3.8, 4) is 0 Å². The van der Waals surface area contributed by atoms with Crippen LogP contribution in [0.1, 0.15) is 30.5 Å². The summed E-state index contributed by atoms with van der Waals surface area (Å²) in [6.07, 6.45) is 0.864. The fraction of sp³-hybridized carbons (Fsp3) is 0.286. The lowest BCUT2D eigenvalue weighted by atomic mass is 10.00. The molecule has 1 nitrogen and oxygen atoms in total. The molecule has 0 saturated carbocycles. The fourth-order valence-corrected chi connectivity index (χ4v) is 3.33. The molecule has 6 heteroatoms. The lowest BCUT2D eigenvalue weighted by molar-refractivity contribution is 0.479. The van der Waals surface area contributed by atoms with Gasteiger partial charge in [-0.3, -0.25) is 0 Å². The third kappa shape index (κ3) is 3.53. The first-order valence-electron chi connectivity index (χ1n) is 6.14. The van der Waals surface area contributed by atoms with Gasteiger partial charge in [0.2, 0.25) is 0 Å². The molecule has 1 N–H and O–H groups in total. The summed E-state index contributed by atoms with van der Waals surface area (Å²) in [6, 6.07) is 2.98. The van der Waals surface area contributed by atoms with Gasteiger partial charge in [-0.25, -0.2) is 13.2 Å². The van der Waals surface area contributed by atoms with E-state index in [-0.39, 0.29) is 5.56 Å². The highest BCUT2D eigenvalue weighted by atomic mass is 127. The Morgan fingerprint density at radius 1 is 1.15 bits per heavy atom. The summed E-state index contributed by atoms with van der Waals surface area (Å²) >= 11 is 3.71. The average Bonchev–Trinajstić information content (AvgIpc) is 2.82. The minimum atomic E-state index is -1.17. The molecule has 0 amide bonds. The van der Waals surface area contributed by atoms with Crippen LogP contribution in [0.15, 0.2) is 23.6 Å². The second-order valence-corrected chi connectivity index (χ2v) is 7.16. The molecule has 2 rings (SSSR count). The number of thiophene rings is 1. The Balaban J connectivity index is 2.43. The van der Waals surface area contributed by atoms with E-state index in [9.17, 15) is 13.2 Å². The molecule has 1 aromatic heterocycles. The highest BCUT2D eigenvalue weighted by molar-refractivity contribution is 14.1. The van der Waals surface area contributed by atoms with Gasteiger partial charge in [0.05, 0.1) is 8.93 Å². The van der Waals surface area contributed by atoms with Crippen molar-refractivity contribution >= 4 is 33.9 Å². The maximum atomic E-state index is 14.0. The molecule has 0 saturated heterocycles. The van der Waals surface area contributed by atoms with Crippen molar-refractivity contribution < 1.29 is 13.2 Å². The van der Waals surface area contributed by atoms with Crippen molar-refractivity contribution in [3.05, 3.63) is 55.0 Å². The Hall–Kier alpha value is -0.600. The number of hydrogen-bond acceptors (Lipinski definition) is 2. The summed E-state index contributed by atoms with van der Waals surface area (Å²) in [7, 11) is 0. The van der Waals surface area contributed by atoms with Crippen molar-refractivity contribution in [1.82, 2.24) is 5.32 Å². The number of rotatable bonds is 5. The van der Waals surface area contributed by atoms with Gasteiger partial charge in [0.25, 0.3) is 0 Å². The maximum absolute atomic E-state index is 14.0. The molecular formula is C14H13F3INS. The third-order valence-corrected chi connectivity index (χ3v) is 4.68. The minimum Gasteiger partial charge on any atom is -0.306 e. The molecule has 1 atom stereocenters. The van der Waals surface area contributed by atoms with Crippen molar-refractivity contribution in [2.75, 3.05) is 6.54 Å². The number of nitrogens with one attached hydrogen (secondary N) is 1. The van der Waals surface area contributed by atoms with E-state index in [1.54, 1.807) is 0 Å². The van der Waals surface area contributed by atoms with Gasteiger partial charge < -0.3 is 5.32 Å². The SMILES string of the molecule is CCCNC(c1csc(I)c1)c1cc(F)c(F)cc1F. The first-order chi connectivity index (χ1) is 9.52. The highest BCUT2D eigenvalue weighted by Gasteiger charge is 2.21. The van der Waals surface area contributed by atoms with E-state index in [0.29, 0.717) is 12.6 Å². The van der Waals surface area contributed by atoms with Crippen molar-refractivity contribution in [1.29, 1.82) is 0 Å². The molecule has 0 aliphatic carbocycles. The molecule has 0 radical (unpaired) electrons. The predicted octanol–water partition coefficient (Wildman–Crippen LogP) is 4.86. The maximum Gasteiger partial charge on any atom is 0.161 e. The summed E-state index contributed by atoms with van der Waals surface area (Å²) in [6.45, 7) is 2.65. The molecule has 0 bridgehead atoms. The van der Waals surface area contributed by atoms with Crippen LogP contribution in [0.2, 0.25) is 0 Å². The second-order valence-electron chi connectivity index (χ2n) is 4.36. The zero-order valence-electron chi connectivity index (χ0n) is 10.7. The zero-order chi connectivity index (χ0) is 14.7. The number of benzene rings is 1. The fourth-order valence-electron chi connectivity index (χ4n) is 1.93. The zero-order valence-corrected chi connectivity index (χ0v) is 13.7. The smallest absolute Gasteiger partial charge is 0.161 e. The standard InChI is InChI=1S/C14H13F3INS/c1-2-3-19-14(8-4-13(18)20-7-8)9-5-11(16)12(17)6-10(9)15/h4-7,14,19H,2-3H2,1H3. The van der Waals surface area contributed by atoms with Crippen LogP contribution in [-0.2, 0) is 0 Å². The van der Waals surface area contributed by atoms with Crippen LogP contribution < -0.4 is 5.32 Å². The second kappa shape index (κ2) is 6.91. The van der Waals surface area contributed by atoms with E-state index in [4.69, 9.17) is 0 Å². The Labute approximate surface area is 133 Å². The molecule has 2 aromatic rings. The van der Waals surface area contributed by atoms with Crippen LogP contribution in [0.25, 0.3) is 0 Å². The minimum absolute atomic E-state index is 0.131. The lowest BCUT2D eigenvalue weighted by Gasteiger charge is -2.19. The van der Waals surface area contributed by atoms with Crippen LogP contribution >= 0.6 is 33.9 Å². The summed E-state index contributed by atoms with van der Waals surface area (Å²) in [4.78, 5) is 0. The van der Waals surface area contributed by atoms with E-state index in [2.05, 4.69) is 27.9 Å². The van der Waals surface area contributed by atoms with Gasteiger partial charge in [-0.05, 0) is 58.6 Å². The van der Waals surface area contributed by atoms with Gasteiger partial charge in [-0.1, -0.05) is 6.92 Å². The summed E-state index contributed by atoms with van der Waals surface area (Å²) in [5.41, 5.74) is 0.990. The van der Waals surface area contributed by atoms with Crippen molar-refractivity contribution in [2.24, 2.45) is 0 Å². The van der Waals surface area contributed by atoms with Gasteiger partial charge in [-0.2, -0.15) is 0 Å². The van der Waals surface area contributed by atoms with Crippen LogP contribution in [-0.4, -0.2) is 6.54 Å². The summed E-state index contributed by atoms with van der Waals surface area (Å²) < 4.78 is 41.5. The van der Waals surface area contributed by atoms with Gasteiger partial charge in [0.15, 0.2) is 11.6 Å². The molecule has 0 fully saturated rings. The molecule has 108 valence electrons. The van der Waals surface area contributed by atoms with Crippen LogP contribution in [0.5, 0.6) is 0 Å². The van der Waals surface area contributed by atoms with Crippen molar-refractivity contribution in [3.63, 3.8) is 0 Å². The molecule has 1 unspecified atom stereocenters. The van der Waals surface area contributed by atoms with Gasteiger partial charge in [0.1, 0.15) is 5.82 Å². The first kappa shape index (κ1) is 15.8. The van der Waals surface area contributed by atoms with E-state index in [0.717, 1.165) is 20.9 Å². The van der Waals surface area contributed by atoms with Gasteiger partial charge >= 0.3 is 0 Å². The van der Waals surface area contributed by atoms with Gasteiger partial charge in [0, 0.05) is 11.6 Å². The monoisotopic (exact) mass is 411 g/mol. The Kier molecular flexibility index (Phi) is 5.45. The van der Waals surface area contributed by atoms with Crippen molar-refractivity contribution in [2.45, 2.75) is 19.4 Å². The summed E-state index contributed by atoms with van der Waals surface area (Å²) in [5.74, 6) is -2.94. The average molecular weight is 411 g/mol. The Morgan fingerprint density at radius 2 is 1.85 bits per heavy atom. The first-order valence-corrected chi connectivity index (χ1v) is 8.10. The Bertz CT molecular complexity index is 600. The Morgan fingerprint density at radius 3 is 2.45 bits per heavy atom. The summed E-state index contributed by atoms with van der Waals surface area (Å²) in [5, 5.41) is 5.08. The quantitative estimate of drug-likeness (QED) is 0.548. The molecule has 0 spiro atoms. The lowest BCUT2D eigenvalue weighted by Crippen LogP contribution is -2.24. The third-order valence-electron chi connectivity index (χ3n) is 2.87. The normalized spacial score (nSPS) is 12.7. The van der Waals surface area contributed by atoms with Crippen LogP contribution in [0, 0.1) is 20.3 Å².